The largest absolute Gasteiger partial charge is 0.347 e. The number of carbonyl (C=O) groups excluding carboxylic acids is 1. The summed E-state index contributed by atoms with van der Waals surface area (Å²) >= 11 is 1.28. The third-order valence-electron chi connectivity index (χ3n) is 5.74. The number of carbonyl (C=O) groups is 1. The molecule has 1 saturated heterocycles. The van der Waals surface area contributed by atoms with E-state index in [-0.39, 0.29) is 22.6 Å². The molecule has 9 heteroatoms. The number of nitrogens with one attached hydrogen (secondary N) is 1. The molecular formula is C20H26N6O2S. The van der Waals surface area contributed by atoms with Gasteiger partial charge in [0.15, 0.2) is 5.16 Å². The first-order valence-electron chi connectivity index (χ1n) is 9.89. The Morgan fingerprint density at radius 1 is 1.34 bits per heavy atom. The number of H-pyrrole nitrogens is 1. The average molecular weight is 415 g/mol. The molecule has 3 heterocycles. The minimum Gasteiger partial charge on any atom is -0.347 e. The summed E-state index contributed by atoms with van der Waals surface area (Å²) < 4.78 is 0. The SMILES string of the molecule is Cc1cc(=O)[nH]c(SCC(=O)N2CCCC3(CCc4cnc(N(C)C)nc43)C2)n1. The monoisotopic (exact) mass is 414 g/mol. The number of likely N-dealkylation sites (tertiary alicyclic amines) is 1. The maximum Gasteiger partial charge on any atom is 0.251 e. The van der Waals surface area contributed by atoms with Gasteiger partial charge in [0, 0.05) is 50.6 Å². The fourth-order valence-corrected chi connectivity index (χ4v) is 5.15. The predicted octanol–water partition coefficient (Wildman–Crippen LogP) is 1.53. The van der Waals surface area contributed by atoms with E-state index in [2.05, 4.69) is 15.0 Å². The lowest BCUT2D eigenvalue weighted by atomic mass is 9.77. The minimum atomic E-state index is -0.191. The van der Waals surface area contributed by atoms with E-state index in [0.29, 0.717) is 17.4 Å². The van der Waals surface area contributed by atoms with Gasteiger partial charge in [0.1, 0.15) is 0 Å². The Morgan fingerprint density at radius 2 is 2.17 bits per heavy atom. The summed E-state index contributed by atoms with van der Waals surface area (Å²) in [7, 11) is 3.89. The molecule has 1 N–H and O–H groups in total. The third kappa shape index (κ3) is 4.01. The van der Waals surface area contributed by atoms with Gasteiger partial charge in [-0.1, -0.05) is 11.8 Å². The molecule has 1 aliphatic carbocycles. The van der Waals surface area contributed by atoms with Crippen LogP contribution in [-0.4, -0.2) is 63.7 Å². The molecule has 29 heavy (non-hydrogen) atoms. The van der Waals surface area contributed by atoms with Crippen LogP contribution in [0.4, 0.5) is 5.95 Å². The van der Waals surface area contributed by atoms with Gasteiger partial charge in [0.2, 0.25) is 11.9 Å². The third-order valence-corrected chi connectivity index (χ3v) is 6.60. The zero-order chi connectivity index (χ0) is 20.6. The van der Waals surface area contributed by atoms with Gasteiger partial charge < -0.3 is 14.8 Å². The fraction of sp³-hybridized carbons (Fsp3) is 0.550. The van der Waals surface area contributed by atoms with Crippen LogP contribution in [0.25, 0.3) is 0 Å². The van der Waals surface area contributed by atoms with E-state index in [1.54, 1.807) is 6.92 Å². The molecule has 0 saturated carbocycles. The molecular weight excluding hydrogens is 388 g/mol. The first kappa shape index (κ1) is 19.9. The van der Waals surface area contributed by atoms with Gasteiger partial charge >= 0.3 is 0 Å². The van der Waals surface area contributed by atoms with Crippen molar-refractivity contribution in [3.63, 3.8) is 0 Å². The number of aryl methyl sites for hydroxylation is 2. The molecule has 2 aromatic heterocycles. The number of anilines is 1. The second kappa shape index (κ2) is 7.78. The van der Waals surface area contributed by atoms with Crippen molar-refractivity contribution in [3.8, 4) is 0 Å². The normalized spacial score (nSPS) is 20.7. The highest BCUT2D eigenvalue weighted by Gasteiger charge is 2.44. The standard InChI is InChI=1S/C20H26N6O2S/c1-13-9-15(27)23-19(22-13)29-11-16(28)26-8-4-6-20(12-26)7-5-14-10-21-18(25(2)3)24-17(14)20/h9-10H,4-8,11-12H2,1-3H3,(H,22,23,27). The number of rotatable bonds is 4. The fourth-order valence-electron chi connectivity index (χ4n) is 4.33. The summed E-state index contributed by atoms with van der Waals surface area (Å²) in [5.41, 5.74) is 2.71. The molecule has 8 nitrogen and oxygen atoms in total. The zero-order valence-electron chi connectivity index (χ0n) is 17.1. The van der Waals surface area contributed by atoms with Gasteiger partial charge in [-0.05, 0) is 38.2 Å². The number of hydrogen-bond donors (Lipinski definition) is 1. The van der Waals surface area contributed by atoms with Crippen molar-refractivity contribution < 1.29 is 4.79 Å². The number of fused-ring (bicyclic) bond motifs is 2. The predicted molar refractivity (Wildman–Crippen MR) is 112 cm³/mol. The van der Waals surface area contributed by atoms with Crippen LogP contribution < -0.4 is 10.5 Å². The van der Waals surface area contributed by atoms with Gasteiger partial charge in [-0.25, -0.2) is 15.0 Å². The van der Waals surface area contributed by atoms with E-state index in [1.807, 2.05) is 30.1 Å². The van der Waals surface area contributed by atoms with Crippen molar-refractivity contribution >= 4 is 23.6 Å². The topological polar surface area (TPSA) is 95.1 Å². The first-order valence-corrected chi connectivity index (χ1v) is 10.9. The number of aromatic nitrogens is 4. The van der Waals surface area contributed by atoms with Crippen LogP contribution in [0.5, 0.6) is 0 Å². The lowest BCUT2D eigenvalue weighted by Gasteiger charge is -2.40. The smallest absolute Gasteiger partial charge is 0.251 e. The van der Waals surface area contributed by atoms with Gasteiger partial charge in [-0.3, -0.25) is 9.59 Å². The van der Waals surface area contributed by atoms with E-state index in [4.69, 9.17) is 4.98 Å². The Kier molecular flexibility index (Phi) is 5.33. The highest BCUT2D eigenvalue weighted by Crippen LogP contribution is 2.44. The number of piperidine rings is 1. The molecule has 0 radical (unpaired) electrons. The van der Waals surface area contributed by atoms with Crippen LogP contribution in [0.3, 0.4) is 0 Å². The van der Waals surface area contributed by atoms with Gasteiger partial charge in [-0.15, -0.1) is 0 Å². The molecule has 1 spiro atoms. The molecule has 1 fully saturated rings. The highest BCUT2D eigenvalue weighted by atomic mass is 32.2. The van der Waals surface area contributed by atoms with E-state index >= 15 is 0 Å². The number of aromatic amines is 1. The van der Waals surface area contributed by atoms with Crippen molar-refractivity contribution in [2.75, 3.05) is 37.8 Å². The molecule has 2 aromatic rings. The van der Waals surface area contributed by atoms with Gasteiger partial charge in [0.25, 0.3) is 5.56 Å². The molecule has 1 atom stereocenters. The molecule has 1 unspecified atom stereocenters. The van der Waals surface area contributed by atoms with Crippen molar-refractivity contribution in [2.45, 2.75) is 43.2 Å². The first-order chi connectivity index (χ1) is 13.9. The van der Waals surface area contributed by atoms with E-state index in [1.165, 1.54) is 23.4 Å². The number of hydrogen-bond acceptors (Lipinski definition) is 7. The summed E-state index contributed by atoms with van der Waals surface area (Å²) in [5, 5.41) is 0.490. The number of thioether (sulfide) groups is 1. The highest BCUT2D eigenvalue weighted by molar-refractivity contribution is 7.99. The van der Waals surface area contributed by atoms with Gasteiger partial charge in [0.05, 0.1) is 11.4 Å². The second-order valence-corrected chi connectivity index (χ2v) is 9.08. The summed E-state index contributed by atoms with van der Waals surface area (Å²) in [6.07, 6.45) is 5.94. The van der Waals surface area contributed by atoms with Crippen LogP contribution in [-0.2, 0) is 16.6 Å². The van der Waals surface area contributed by atoms with Crippen molar-refractivity contribution in [1.29, 1.82) is 0 Å². The lowest BCUT2D eigenvalue weighted by molar-refractivity contribution is -0.130. The molecule has 4 rings (SSSR count). The molecule has 0 aromatic carbocycles. The van der Waals surface area contributed by atoms with Gasteiger partial charge in [-0.2, -0.15) is 0 Å². The van der Waals surface area contributed by atoms with E-state index in [9.17, 15) is 9.59 Å². The summed E-state index contributed by atoms with van der Waals surface area (Å²) in [5.74, 6) is 1.06. The summed E-state index contributed by atoms with van der Waals surface area (Å²) in [6.45, 7) is 3.23. The molecule has 0 bridgehead atoms. The van der Waals surface area contributed by atoms with Crippen LogP contribution >= 0.6 is 11.8 Å². The van der Waals surface area contributed by atoms with E-state index < -0.39 is 0 Å². The minimum absolute atomic E-state index is 0.0719. The van der Waals surface area contributed by atoms with Crippen LogP contribution in [0.1, 0.15) is 36.2 Å². The molecule has 154 valence electrons. The number of nitrogens with zero attached hydrogens (tertiary/aromatic N) is 5. The number of amides is 1. The molecule has 1 amide bonds. The Morgan fingerprint density at radius 3 is 2.93 bits per heavy atom. The Hall–Kier alpha value is -2.42. The van der Waals surface area contributed by atoms with Crippen LogP contribution in [0.2, 0.25) is 0 Å². The van der Waals surface area contributed by atoms with E-state index in [0.717, 1.165) is 43.9 Å². The Labute approximate surface area is 174 Å². The van der Waals surface area contributed by atoms with Crippen molar-refractivity contribution in [1.82, 2.24) is 24.8 Å². The lowest BCUT2D eigenvalue weighted by Crippen LogP contribution is -2.48. The molecule has 1 aliphatic heterocycles. The van der Waals surface area contributed by atoms with Crippen molar-refractivity contribution in [3.05, 3.63) is 39.6 Å². The molecule has 2 aliphatic rings. The van der Waals surface area contributed by atoms with Crippen LogP contribution in [0.15, 0.2) is 22.2 Å². The summed E-state index contributed by atoms with van der Waals surface area (Å²) in [4.78, 5) is 44.7. The van der Waals surface area contributed by atoms with Crippen LogP contribution in [0, 0.1) is 6.92 Å². The quantitative estimate of drug-likeness (QED) is 0.599. The summed E-state index contributed by atoms with van der Waals surface area (Å²) in [6, 6.07) is 1.45. The average Bonchev–Trinajstić information content (AvgIpc) is 3.02. The zero-order valence-corrected chi connectivity index (χ0v) is 17.9. The second-order valence-electron chi connectivity index (χ2n) is 8.12. The Balaban J connectivity index is 1.48. The Bertz CT molecular complexity index is 987. The van der Waals surface area contributed by atoms with Crippen molar-refractivity contribution in [2.24, 2.45) is 0 Å². The maximum absolute atomic E-state index is 12.9. The maximum atomic E-state index is 12.9.